The van der Waals surface area contributed by atoms with Crippen molar-refractivity contribution >= 4 is 27.4 Å². The van der Waals surface area contributed by atoms with Crippen LogP contribution in [-0.4, -0.2) is 16.0 Å². The average Bonchev–Trinajstić information content (AvgIpc) is 3.11. The van der Waals surface area contributed by atoms with Gasteiger partial charge in [-0.2, -0.15) is 5.26 Å². The number of nitriles is 1. The van der Waals surface area contributed by atoms with Gasteiger partial charge in [0.25, 0.3) is 0 Å². The average molecular weight is 298 g/mol. The number of thiophene rings is 1. The Morgan fingerprint density at radius 3 is 3.00 bits per heavy atom. The second-order valence-corrected chi connectivity index (χ2v) is 7.11. The van der Waals surface area contributed by atoms with Crippen molar-refractivity contribution in [3.63, 3.8) is 0 Å². The topological polar surface area (TPSA) is 61.6 Å². The van der Waals surface area contributed by atoms with E-state index in [1.807, 2.05) is 11.3 Å². The van der Waals surface area contributed by atoms with Crippen molar-refractivity contribution in [2.45, 2.75) is 51.0 Å². The lowest BCUT2D eigenvalue weighted by atomic mass is 9.97. The van der Waals surface area contributed by atoms with E-state index in [0.29, 0.717) is 0 Å². The minimum absolute atomic E-state index is 0.115. The van der Waals surface area contributed by atoms with Crippen molar-refractivity contribution in [3.05, 3.63) is 16.8 Å². The third kappa shape index (κ3) is 2.18. The molecule has 0 bridgehead atoms. The van der Waals surface area contributed by atoms with Crippen molar-refractivity contribution in [3.8, 4) is 6.07 Å². The quantitative estimate of drug-likeness (QED) is 0.918. The third-order valence-electron chi connectivity index (χ3n) is 4.76. The first kappa shape index (κ1) is 13.0. The van der Waals surface area contributed by atoms with Gasteiger partial charge in [0.1, 0.15) is 17.0 Å². The highest BCUT2D eigenvalue weighted by Gasteiger charge is 2.28. The van der Waals surface area contributed by atoms with Gasteiger partial charge in [-0.25, -0.2) is 9.97 Å². The fourth-order valence-corrected chi connectivity index (χ4v) is 4.89. The van der Waals surface area contributed by atoms with E-state index < -0.39 is 0 Å². The van der Waals surface area contributed by atoms with Crippen LogP contribution in [0.5, 0.6) is 0 Å². The molecule has 0 saturated heterocycles. The van der Waals surface area contributed by atoms with E-state index in [-0.39, 0.29) is 12.0 Å². The summed E-state index contributed by atoms with van der Waals surface area (Å²) in [7, 11) is 0. The van der Waals surface area contributed by atoms with Gasteiger partial charge in [0, 0.05) is 10.9 Å². The molecule has 2 aromatic heterocycles. The molecule has 0 radical (unpaired) electrons. The van der Waals surface area contributed by atoms with Gasteiger partial charge in [-0.15, -0.1) is 11.3 Å². The van der Waals surface area contributed by atoms with E-state index in [0.717, 1.165) is 36.3 Å². The number of hydrogen-bond donors (Lipinski definition) is 1. The number of aryl methyl sites for hydroxylation is 2. The molecule has 5 heteroatoms. The zero-order valence-electron chi connectivity index (χ0n) is 11.9. The van der Waals surface area contributed by atoms with Gasteiger partial charge in [0.2, 0.25) is 0 Å². The standard InChI is InChI=1S/C16H18N4S/c17-8-10-4-3-6-12(10)20-15-14-11-5-1-2-7-13(11)21-16(14)19-9-18-15/h9-10,12H,1-7H2,(H,18,19,20)/t10-,12-/m1/s1. The molecule has 4 nitrogen and oxygen atoms in total. The van der Waals surface area contributed by atoms with Crippen molar-refractivity contribution in [1.82, 2.24) is 9.97 Å². The highest BCUT2D eigenvalue weighted by atomic mass is 32.1. The van der Waals surface area contributed by atoms with E-state index in [1.54, 1.807) is 6.33 Å². The molecule has 2 aliphatic rings. The molecule has 0 aliphatic heterocycles. The molecular formula is C16H18N4S. The number of anilines is 1. The molecule has 108 valence electrons. The largest absolute Gasteiger partial charge is 0.365 e. The van der Waals surface area contributed by atoms with Crippen LogP contribution in [0.4, 0.5) is 5.82 Å². The predicted molar refractivity (Wildman–Crippen MR) is 84.4 cm³/mol. The molecule has 2 aromatic rings. The maximum absolute atomic E-state index is 9.26. The van der Waals surface area contributed by atoms with Crippen molar-refractivity contribution in [2.24, 2.45) is 5.92 Å². The zero-order valence-corrected chi connectivity index (χ0v) is 12.7. The van der Waals surface area contributed by atoms with Crippen molar-refractivity contribution in [1.29, 1.82) is 5.26 Å². The summed E-state index contributed by atoms with van der Waals surface area (Å²) in [5.41, 5.74) is 1.45. The Kier molecular flexibility index (Phi) is 3.27. The van der Waals surface area contributed by atoms with Crippen LogP contribution in [0.15, 0.2) is 6.33 Å². The molecule has 0 amide bonds. The summed E-state index contributed by atoms with van der Waals surface area (Å²) in [6, 6.07) is 2.68. The van der Waals surface area contributed by atoms with Crippen LogP contribution in [0.1, 0.15) is 42.5 Å². The molecular weight excluding hydrogens is 280 g/mol. The Labute approximate surface area is 128 Å². The fraction of sp³-hybridized carbons (Fsp3) is 0.562. The Morgan fingerprint density at radius 1 is 1.19 bits per heavy atom. The monoisotopic (exact) mass is 298 g/mol. The summed E-state index contributed by atoms with van der Waals surface area (Å²) in [5.74, 6) is 1.07. The summed E-state index contributed by atoms with van der Waals surface area (Å²) in [6.45, 7) is 0. The Bertz CT molecular complexity index is 715. The van der Waals surface area contributed by atoms with Crippen LogP contribution in [0.25, 0.3) is 10.2 Å². The van der Waals surface area contributed by atoms with Gasteiger partial charge < -0.3 is 5.32 Å². The Balaban J connectivity index is 1.75. The second kappa shape index (κ2) is 5.27. The highest BCUT2D eigenvalue weighted by Crippen LogP contribution is 2.39. The lowest BCUT2D eigenvalue weighted by Crippen LogP contribution is -2.23. The molecule has 0 spiro atoms. The first-order chi connectivity index (χ1) is 10.4. The second-order valence-electron chi connectivity index (χ2n) is 6.03. The predicted octanol–water partition coefficient (Wildman–Crippen LogP) is 3.67. The minimum atomic E-state index is 0.115. The molecule has 1 fully saturated rings. The maximum atomic E-state index is 9.26. The molecule has 0 unspecified atom stereocenters. The first-order valence-electron chi connectivity index (χ1n) is 7.78. The minimum Gasteiger partial charge on any atom is -0.365 e. The fourth-order valence-electron chi connectivity index (χ4n) is 3.66. The summed E-state index contributed by atoms with van der Waals surface area (Å²) >= 11 is 1.82. The maximum Gasteiger partial charge on any atom is 0.138 e. The van der Waals surface area contributed by atoms with Gasteiger partial charge in [-0.05, 0) is 50.5 Å². The zero-order chi connectivity index (χ0) is 14.2. The van der Waals surface area contributed by atoms with Crippen LogP contribution >= 0.6 is 11.3 Å². The number of aromatic nitrogens is 2. The van der Waals surface area contributed by atoms with Gasteiger partial charge in [-0.1, -0.05) is 0 Å². The molecule has 1 saturated carbocycles. The van der Waals surface area contributed by atoms with Gasteiger partial charge >= 0.3 is 0 Å². The highest BCUT2D eigenvalue weighted by molar-refractivity contribution is 7.19. The third-order valence-corrected chi connectivity index (χ3v) is 5.96. The van der Waals surface area contributed by atoms with Crippen LogP contribution < -0.4 is 5.32 Å². The lowest BCUT2D eigenvalue weighted by Gasteiger charge is -2.18. The van der Waals surface area contributed by atoms with E-state index in [9.17, 15) is 5.26 Å². The summed E-state index contributed by atoms with van der Waals surface area (Å²) in [5, 5.41) is 14.0. The lowest BCUT2D eigenvalue weighted by molar-refractivity contribution is 0.628. The van der Waals surface area contributed by atoms with E-state index in [2.05, 4.69) is 21.4 Å². The molecule has 2 aliphatic carbocycles. The normalized spacial score (nSPS) is 24.7. The van der Waals surface area contributed by atoms with Crippen molar-refractivity contribution < 1.29 is 0 Å². The van der Waals surface area contributed by atoms with Crippen molar-refractivity contribution in [2.75, 3.05) is 5.32 Å². The molecule has 4 rings (SSSR count). The van der Waals surface area contributed by atoms with Gasteiger partial charge in [0.15, 0.2) is 0 Å². The van der Waals surface area contributed by atoms with Crippen LogP contribution in [-0.2, 0) is 12.8 Å². The number of fused-ring (bicyclic) bond motifs is 3. The molecule has 1 N–H and O–H groups in total. The molecule has 2 heterocycles. The SMILES string of the molecule is N#C[C@H]1CCC[C@H]1Nc1ncnc2sc3c(c12)CCCC3. The number of nitrogens with one attached hydrogen (secondary N) is 1. The molecule has 21 heavy (non-hydrogen) atoms. The Hall–Kier alpha value is -1.67. The summed E-state index contributed by atoms with van der Waals surface area (Å²) in [4.78, 5) is 11.5. The number of rotatable bonds is 2. The van der Waals surface area contributed by atoms with E-state index in [4.69, 9.17) is 0 Å². The summed E-state index contributed by atoms with van der Waals surface area (Å²) in [6.07, 6.45) is 9.73. The number of nitrogens with zero attached hydrogens (tertiary/aromatic N) is 3. The Morgan fingerprint density at radius 2 is 2.10 bits per heavy atom. The van der Waals surface area contributed by atoms with E-state index in [1.165, 1.54) is 35.1 Å². The van der Waals surface area contributed by atoms with Gasteiger partial charge in [0.05, 0.1) is 17.4 Å². The smallest absolute Gasteiger partial charge is 0.138 e. The van der Waals surface area contributed by atoms with Gasteiger partial charge in [-0.3, -0.25) is 0 Å². The van der Waals surface area contributed by atoms with Crippen LogP contribution in [0, 0.1) is 17.2 Å². The number of hydrogen-bond acceptors (Lipinski definition) is 5. The van der Waals surface area contributed by atoms with E-state index >= 15 is 0 Å². The van der Waals surface area contributed by atoms with Crippen LogP contribution in [0.2, 0.25) is 0 Å². The molecule has 0 aromatic carbocycles. The van der Waals surface area contributed by atoms with Crippen LogP contribution in [0.3, 0.4) is 0 Å². The summed E-state index contributed by atoms with van der Waals surface area (Å²) < 4.78 is 0. The first-order valence-corrected chi connectivity index (χ1v) is 8.60. The molecule has 2 atom stereocenters.